The first-order valence-electron chi connectivity index (χ1n) is 6.80. The van der Waals surface area contributed by atoms with Gasteiger partial charge in [-0.25, -0.2) is 13.1 Å². The first-order valence-corrected chi connectivity index (χ1v) is 8.28. The molecule has 21 heavy (non-hydrogen) atoms. The van der Waals surface area contributed by atoms with Crippen molar-refractivity contribution >= 4 is 10.0 Å². The van der Waals surface area contributed by atoms with Gasteiger partial charge in [-0.3, -0.25) is 0 Å². The number of hydrogen-bond acceptors (Lipinski definition) is 3. The molecule has 0 saturated heterocycles. The monoisotopic (exact) mass is 305 g/mol. The first kappa shape index (κ1) is 15.5. The standard InChI is InChI=1S/C16H19NO3S/c1-20-15-11-5-6-12-16(15)21(18,19)17-13-7-10-14-8-3-2-4-9-14/h2-6,8-9,11-12,17H,7,10,13H2,1H3. The maximum Gasteiger partial charge on any atom is 0.244 e. The Labute approximate surface area is 125 Å². The lowest BCUT2D eigenvalue weighted by molar-refractivity contribution is 0.402. The predicted octanol–water partition coefficient (Wildman–Crippen LogP) is 2.61. The fourth-order valence-electron chi connectivity index (χ4n) is 2.06. The Kier molecular flexibility index (Phi) is 5.36. The molecular weight excluding hydrogens is 286 g/mol. The molecule has 0 atom stereocenters. The fourth-order valence-corrected chi connectivity index (χ4v) is 3.30. The summed E-state index contributed by atoms with van der Waals surface area (Å²) < 4.78 is 32.2. The van der Waals surface area contributed by atoms with Crippen molar-refractivity contribution in [2.24, 2.45) is 0 Å². The summed E-state index contributed by atoms with van der Waals surface area (Å²) in [6.45, 7) is 0.398. The van der Waals surface area contributed by atoms with E-state index in [-0.39, 0.29) is 4.90 Å². The van der Waals surface area contributed by atoms with Gasteiger partial charge in [0.1, 0.15) is 10.6 Å². The second-order valence-corrected chi connectivity index (χ2v) is 6.37. The van der Waals surface area contributed by atoms with Crippen LogP contribution in [0.5, 0.6) is 5.75 Å². The molecule has 0 spiro atoms. The van der Waals surface area contributed by atoms with E-state index in [0.717, 1.165) is 12.8 Å². The van der Waals surface area contributed by atoms with Gasteiger partial charge in [-0.05, 0) is 30.5 Å². The highest BCUT2D eigenvalue weighted by atomic mass is 32.2. The summed E-state index contributed by atoms with van der Waals surface area (Å²) in [6.07, 6.45) is 1.59. The minimum Gasteiger partial charge on any atom is -0.495 e. The number of aryl methyl sites for hydroxylation is 1. The van der Waals surface area contributed by atoms with Gasteiger partial charge in [-0.2, -0.15) is 0 Å². The van der Waals surface area contributed by atoms with E-state index in [1.165, 1.54) is 12.7 Å². The second kappa shape index (κ2) is 7.24. The van der Waals surface area contributed by atoms with Crippen molar-refractivity contribution < 1.29 is 13.2 Å². The Morgan fingerprint density at radius 1 is 1.00 bits per heavy atom. The Bertz CT molecular complexity index is 669. The van der Waals surface area contributed by atoms with E-state index in [1.807, 2.05) is 30.3 Å². The third-order valence-electron chi connectivity index (χ3n) is 3.14. The molecule has 1 N–H and O–H groups in total. The van der Waals surface area contributed by atoms with Gasteiger partial charge in [0.25, 0.3) is 0 Å². The van der Waals surface area contributed by atoms with Crippen molar-refractivity contribution in [1.29, 1.82) is 0 Å². The predicted molar refractivity (Wildman–Crippen MR) is 82.9 cm³/mol. The number of sulfonamides is 1. The van der Waals surface area contributed by atoms with Crippen LogP contribution in [0, 0.1) is 0 Å². The third kappa shape index (κ3) is 4.31. The molecule has 2 aromatic rings. The number of ether oxygens (including phenoxy) is 1. The van der Waals surface area contributed by atoms with E-state index in [0.29, 0.717) is 12.3 Å². The number of rotatable bonds is 7. The molecule has 0 fully saturated rings. The summed E-state index contributed by atoms with van der Waals surface area (Å²) in [5.74, 6) is 0.355. The molecule has 2 rings (SSSR count). The molecule has 0 amide bonds. The van der Waals surface area contributed by atoms with Gasteiger partial charge in [0, 0.05) is 6.54 Å². The van der Waals surface area contributed by atoms with E-state index >= 15 is 0 Å². The lowest BCUT2D eigenvalue weighted by Crippen LogP contribution is -2.25. The quantitative estimate of drug-likeness (QED) is 0.800. The maximum absolute atomic E-state index is 12.2. The van der Waals surface area contributed by atoms with Crippen LogP contribution in [-0.4, -0.2) is 22.1 Å². The third-order valence-corrected chi connectivity index (χ3v) is 4.64. The summed E-state index contributed by atoms with van der Waals surface area (Å²) in [5.41, 5.74) is 1.20. The summed E-state index contributed by atoms with van der Waals surface area (Å²) in [4.78, 5) is 0.173. The Balaban J connectivity index is 1.93. The van der Waals surface area contributed by atoms with Gasteiger partial charge in [0.15, 0.2) is 0 Å². The van der Waals surface area contributed by atoms with Gasteiger partial charge in [-0.15, -0.1) is 0 Å². The van der Waals surface area contributed by atoms with Crippen LogP contribution < -0.4 is 9.46 Å². The summed E-state index contributed by atoms with van der Waals surface area (Å²) in [5, 5.41) is 0. The molecule has 112 valence electrons. The van der Waals surface area contributed by atoms with Gasteiger partial charge >= 0.3 is 0 Å². The molecule has 0 aliphatic heterocycles. The number of methoxy groups -OCH3 is 1. The van der Waals surface area contributed by atoms with E-state index < -0.39 is 10.0 Å². The number of para-hydroxylation sites is 1. The number of benzene rings is 2. The smallest absolute Gasteiger partial charge is 0.244 e. The van der Waals surface area contributed by atoms with Crippen molar-refractivity contribution in [3.05, 3.63) is 60.2 Å². The molecule has 0 aliphatic carbocycles. The largest absolute Gasteiger partial charge is 0.495 e. The second-order valence-electron chi connectivity index (χ2n) is 4.64. The molecule has 4 nitrogen and oxygen atoms in total. The molecule has 0 radical (unpaired) electrons. The molecule has 0 aromatic heterocycles. The van der Waals surface area contributed by atoms with Crippen molar-refractivity contribution in [2.75, 3.05) is 13.7 Å². The van der Waals surface area contributed by atoms with E-state index in [1.54, 1.807) is 24.3 Å². The van der Waals surface area contributed by atoms with Crippen molar-refractivity contribution in [3.63, 3.8) is 0 Å². The van der Waals surface area contributed by atoms with Crippen LogP contribution in [0.4, 0.5) is 0 Å². The van der Waals surface area contributed by atoms with Crippen LogP contribution >= 0.6 is 0 Å². The summed E-state index contributed by atoms with van der Waals surface area (Å²) in [7, 11) is -2.07. The van der Waals surface area contributed by atoms with Crippen LogP contribution in [0.2, 0.25) is 0 Å². The Hall–Kier alpha value is -1.85. The fraction of sp³-hybridized carbons (Fsp3) is 0.250. The first-order chi connectivity index (χ1) is 10.1. The van der Waals surface area contributed by atoms with Gasteiger partial charge < -0.3 is 4.74 Å². The van der Waals surface area contributed by atoms with Gasteiger partial charge in [0.2, 0.25) is 10.0 Å². The summed E-state index contributed by atoms with van der Waals surface area (Å²) >= 11 is 0. The molecule has 2 aromatic carbocycles. The minimum absolute atomic E-state index is 0.173. The van der Waals surface area contributed by atoms with Gasteiger partial charge in [-0.1, -0.05) is 42.5 Å². The highest BCUT2D eigenvalue weighted by Gasteiger charge is 2.17. The molecule has 0 heterocycles. The zero-order valence-electron chi connectivity index (χ0n) is 12.0. The molecule has 0 bridgehead atoms. The number of hydrogen-bond donors (Lipinski definition) is 1. The highest BCUT2D eigenvalue weighted by Crippen LogP contribution is 2.22. The van der Waals surface area contributed by atoms with Gasteiger partial charge in [0.05, 0.1) is 7.11 Å². The lowest BCUT2D eigenvalue weighted by atomic mass is 10.1. The topological polar surface area (TPSA) is 55.4 Å². The van der Waals surface area contributed by atoms with Crippen molar-refractivity contribution in [2.45, 2.75) is 17.7 Å². The zero-order valence-corrected chi connectivity index (χ0v) is 12.8. The Morgan fingerprint density at radius 2 is 1.67 bits per heavy atom. The molecular formula is C16H19NO3S. The zero-order chi connectivity index (χ0) is 15.1. The van der Waals surface area contributed by atoms with E-state index in [2.05, 4.69) is 4.72 Å². The van der Waals surface area contributed by atoms with Crippen molar-refractivity contribution in [3.8, 4) is 5.75 Å². The average Bonchev–Trinajstić information content (AvgIpc) is 2.52. The highest BCUT2D eigenvalue weighted by molar-refractivity contribution is 7.89. The van der Waals surface area contributed by atoms with Crippen molar-refractivity contribution in [1.82, 2.24) is 4.72 Å². The lowest BCUT2D eigenvalue weighted by Gasteiger charge is -2.10. The normalized spacial score (nSPS) is 11.3. The van der Waals surface area contributed by atoms with Crippen LogP contribution in [-0.2, 0) is 16.4 Å². The van der Waals surface area contributed by atoms with Crippen LogP contribution in [0.15, 0.2) is 59.5 Å². The molecule has 0 unspecified atom stereocenters. The number of nitrogens with one attached hydrogen (secondary N) is 1. The van der Waals surface area contributed by atoms with E-state index in [4.69, 9.17) is 4.74 Å². The molecule has 5 heteroatoms. The van der Waals surface area contributed by atoms with Crippen LogP contribution in [0.1, 0.15) is 12.0 Å². The van der Waals surface area contributed by atoms with E-state index in [9.17, 15) is 8.42 Å². The van der Waals surface area contributed by atoms with Crippen LogP contribution in [0.3, 0.4) is 0 Å². The molecule has 0 saturated carbocycles. The average molecular weight is 305 g/mol. The minimum atomic E-state index is -3.53. The maximum atomic E-state index is 12.2. The summed E-state index contributed by atoms with van der Waals surface area (Å²) in [6, 6.07) is 16.6. The van der Waals surface area contributed by atoms with Crippen LogP contribution in [0.25, 0.3) is 0 Å². The Morgan fingerprint density at radius 3 is 2.38 bits per heavy atom. The molecule has 0 aliphatic rings. The SMILES string of the molecule is COc1ccccc1S(=O)(=O)NCCCc1ccccc1.